The van der Waals surface area contributed by atoms with Crippen LogP contribution < -0.4 is 5.32 Å². The van der Waals surface area contributed by atoms with Crippen LogP contribution in [-0.4, -0.2) is 21.4 Å². The first-order chi connectivity index (χ1) is 12.1. The molecule has 0 unspecified atom stereocenters. The second-order valence-corrected chi connectivity index (χ2v) is 10.2. The fourth-order valence-electron chi connectivity index (χ4n) is 2.02. The van der Waals surface area contributed by atoms with E-state index in [-0.39, 0.29) is 5.91 Å². The topological polar surface area (TPSA) is 54.9 Å². The summed E-state index contributed by atoms with van der Waals surface area (Å²) >= 11 is 6.44. The number of carbonyl (C=O) groups excluding carboxylic acids is 1. The molecular formula is C17H17N3OS4. The minimum absolute atomic E-state index is 0.144. The Bertz CT molecular complexity index is 830. The van der Waals surface area contributed by atoms with Crippen LogP contribution >= 0.6 is 46.2 Å². The zero-order chi connectivity index (χ0) is 17.6. The Morgan fingerprint density at radius 3 is 2.80 bits per heavy atom. The number of aromatic nitrogens is 2. The van der Waals surface area contributed by atoms with Gasteiger partial charge in [-0.05, 0) is 23.6 Å². The van der Waals surface area contributed by atoms with Crippen molar-refractivity contribution >= 4 is 57.2 Å². The molecule has 0 saturated heterocycles. The van der Waals surface area contributed by atoms with Gasteiger partial charge in [-0.1, -0.05) is 55.1 Å². The molecule has 8 heteroatoms. The van der Waals surface area contributed by atoms with Gasteiger partial charge in [0.15, 0.2) is 4.34 Å². The number of thiophene rings is 1. The molecule has 0 aliphatic carbocycles. The van der Waals surface area contributed by atoms with Gasteiger partial charge in [0.25, 0.3) is 5.91 Å². The van der Waals surface area contributed by atoms with E-state index in [1.54, 1.807) is 34.9 Å². The van der Waals surface area contributed by atoms with Crippen molar-refractivity contribution in [3.63, 3.8) is 0 Å². The van der Waals surface area contributed by atoms with Crippen molar-refractivity contribution in [3.8, 4) is 0 Å². The predicted octanol–water partition coefficient (Wildman–Crippen LogP) is 5.64. The standard InChI is InChI=1S/C17H17N3OS4/c1-11(2)24-14-8-4-3-7-13(14)15(21)18-16-19-20-17(25-16)23-10-12-6-5-9-22-12/h3-9,11H,10H2,1-2H3,(H,18,19,21). The first-order valence-electron chi connectivity index (χ1n) is 7.67. The van der Waals surface area contributed by atoms with E-state index in [0.29, 0.717) is 15.9 Å². The molecule has 0 saturated carbocycles. The molecular weight excluding hydrogens is 390 g/mol. The number of hydrogen-bond donors (Lipinski definition) is 1. The number of anilines is 1. The van der Waals surface area contributed by atoms with Gasteiger partial charge in [0, 0.05) is 20.8 Å². The number of hydrogen-bond acceptors (Lipinski definition) is 7. The summed E-state index contributed by atoms with van der Waals surface area (Å²) in [5, 5.41) is 14.1. The van der Waals surface area contributed by atoms with Crippen molar-refractivity contribution in [1.29, 1.82) is 0 Å². The smallest absolute Gasteiger partial charge is 0.258 e. The summed E-state index contributed by atoms with van der Waals surface area (Å²) in [5.74, 6) is 0.725. The summed E-state index contributed by atoms with van der Waals surface area (Å²) in [6, 6.07) is 11.8. The molecule has 3 rings (SSSR count). The molecule has 0 fully saturated rings. The Balaban J connectivity index is 1.63. The van der Waals surface area contributed by atoms with E-state index in [0.717, 1.165) is 15.0 Å². The maximum Gasteiger partial charge on any atom is 0.258 e. The SMILES string of the molecule is CC(C)Sc1ccccc1C(=O)Nc1nnc(SCc2cccs2)s1. The first kappa shape index (κ1) is 18.4. The van der Waals surface area contributed by atoms with Crippen LogP contribution in [0, 0.1) is 0 Å². The summed E-state index contributed by atoms with van der Waals surface area (Å²) in [7, 11) is 0. The molecule has 2 heterocycles. The molecule has 2 aromatic heterocycles. The maximum absolute atomic E-state index is 12.6. The van der Waals surface area contributed by atoms with E-state index in [1.807, 2.05) is 30.3 Å². The normalized spacial score (nSPS) is 11.0. The van der Waals surface area contributed by atoms with E-state index in [9.17, 15) is 4.79 Å². The average Bonchev–Trinajstić information content (AvgIpc) is 3.24. The van der Waals surface area contributed by atoms with E-state index < -0.39 is 0 Å². The van der Waals surface area contributed by atoms with Crippen LogP contribution in [0.3, 0.4) is 0 Å². The van der Waals surface area contributed by atoms with Crippen LogP contribution in [0.5, 0.6) is 0 Å². The number of carbonyl (C=O) groups is 1. The third-order valence-electron chi connectivity index (χ3n) is 3.04. The van der Waals surface area contributed by atoms with Crippen LogP contribution in [0.4, 0.5) is 5.13 Å². The zero-order valence-electron chi connectivity index (χ0n) is 13.8. The maximum atomic E-state index is 12.6. The summed E-state index contributed by atoms with van der Waals surface area (Å²) in [6.45, 7) is 4.22. The van der Waals surface area contributed by atoms with Crippen molar-refractivity contribution in [2.75, 3.05) is 5.32 Å². The van der Waals surface area contributed by atoms with Gasteiger partial charge in [0.05, 0.1) is 5.56 Å². The summed E-state index contributed by atoms with van der Waals surface area (Å²) in [5.41, 5.74) is 0.671. The number of amides is 1. The molecule has 0 spiro atoms. The molecule has 0 aliphatic heterocycles. The first-order valence-corrected chi connectivity index (χ1v) is 11.2. The molecule has 0 aliphatic rings. The Hall–Kier alpha value is -1.35. The number of thioether (sulfide) groups is 2. The predicted molar refractivity (Wildman–Crippen MR) is 109 cm³/mol. The van der Waals surface area contributed by atoms with Crippen LogP contribution in [0.15, 0.2) is 51.0 Å². The summed E-state index contributed by atoms with van der Waals surface area (Å²) < 4.78 is 0.855. The molecule has 1 amide bonds. The van der Waals surface area contributed by atoms with Gasteiger partial charge in [-0.25, -0.2) is 0 Å². The molecule has 1 N–H and O–H groups in total. The van der Waals surface area contributed by atoms with Gasteiger partial charge in [0.1, 0.15) is 0 Å². The third kappa shape index (κ3) is 5.31. The van der Waals surface area contributed by atoms with Gasteiger partial charge in [-0.3, -0.25) is 10.1 Å². The average molecular weight is 408 g/mol. The van der Waals surface area contributed by atoms with Crippen LogP contribution in [0.25, 0.3) is 0 Å². The lowest BCUT2D eigenvalue weighted by Gasteiger charge is -2.10. The van der Waals surface area contributed by atoms with E-state index in [4.69, 9.17) is 0 Å². The van der Waals surface area contributed by atoms with E-state index >= 15 is 0 Å². The largest absolute Gasteiger partial charge is 0.296 e. The molecule has 0 bridgehead atoms. The van der Waals surface area contributed by atoms with Crippen molar-refractivity contribution < 1.29 is 4.79 Å². The minimum atomic E-state index is -0.144. The Kier molecular flexibility index (Phi) is 6.52. The monoisotopic (exact) mass is 407 g/mol. The third-order valence-corrected chi connectivity index (χ3v) is 7.20. The number of rotatable bonds is 7. The zero-order valence-corrected chi connectivity index (χ0v) is 17.0. The van der Waals surface area contributed by atoms with Gasteiger partial charge in [-0.15, -0.1) is 33.3 Å². The second kappa shape index (κ2) is 8.84. The number of benzene rings is 1. The van der Waals surface area contributed by atoms with Crippen molar-refractivity contribution in [2.24, 2.45) is 0 Å². The van der Waals surface area contributed by atoms with Gasteiger partial charge < -0.3 is 0 Å². The highest BCUT2D eigenvalue weighted by Crippen LogP contribution is 2.31. The molecule has 4 nitrogen and oxygen atoms in total. The Labute approximate surface area is 163 Å². The Morgan fingerprint density at radius 1 is 1.20 bits per heavy atom. The molecule has 1 aromatic carbocycles. The highest BCUT2D eigenvalue weighted by atomic mass is 32.2. The van der Waals surface area contributed by atoms with Crippen LogP contribution in [0.1, 0.15) is 29.1 Å². The van der Waals surface area contributed by atoms with Crippen LogP contribution in [0.2, 0.25) is 0 Å². The molecule has 0 radical (unpaired) electrons. The lowest BCUT2D eigenvalue weighted by Crippen LogP contribution is -2.13. The molecule has 0 atom stereocenters. The Morgan fingerprint density at radius 2 is 2.04 bits per heavy atom. The molecule has 130 valence electrons. The number of nitrogens with zero attached hydrogens (tertiary/aromatic N) is 2. The lowest BCUT2D eigenvalue weighted by atomic mass is 10.2. The fourth-order valence-corrected chi connectivity index (χ4v) is 5.49. The van der Waals surface area contributed by atoms with E-state index in [1.165, 1.54) is 16.2 Å². The van der Waals surface area contributed by atoms with E-state index in [2.05, 4.69) is 40.8 Å². The van der Waals surface area contributed by atoms with Crippen molar-refractivity contribution in [1.82, 2.24) is 10.2 Å². The minimum Gasteiger partial charge on any atom is -0.296 e. The fraction of sp³-hybridized carbons (Fsp3) is 0.235. The van der Waals surface area contributed by atoms with Gasteiger partial charge in [-0.2, -0.15) is 0 Å². The molecule has 3 aromatic rings. The lowest BCUT2D eigenvalue weighted by molar-refractivity contribution is 0.102. The highest BCUT2D eigenvalue weighted by Gasteiger charge is 2.15. The van der Waals surface area contributed by atoms with Crippen molar-refractivity contribution in [3.05, 3.63) is 52.2 Å². The van der Waals surface area contributed by atoms with Gasteiger partial charge in [0.2, 0.25) is 5.13 Å². The van der Waals surface area contributed by atoms with Crippen LogP contribution in [-0.2, 0) is 5.75 Å². The molecule has 25 heavy (non-hydrogen) atoms. The second-order valence-electron chi connectivity index (χ2n) is 5.36. The highest BCUT2D eigenvalue weighted by molar-refractivity contribution is 8.00. The van der Waals surface area contributed by atoms with Gasteiger partial charge >= 0.3 is 0 Å². The van der Waals surface area contributed by atoms with Crippen molar-refractivity contribution in [2.45, 2.75) is 34.1 Å². The number of nitrogens with one attached hydrogen (secondary N) is 1. The summed E-state index contributed by atoms with van der Waals surface area (Å²) in [4.78, 5) is 14.9. The quantitative estimate of drug-likeness (QED) is 0.405. The summed E-state index contributed by atoms with van der Waals surface area (Å²) in [6.07, 6.45) is 0.